The summed E-state index contributed by atoms with van der Waals surface area (Å²) in [6, 6.07) is 0. The summed E-state index contributed by atoms with van der Waals surface area (Å²) in [6.07, 6.45) is -8.77. The van der Waals surface area contributed by atoms with E-state index in [2.05, 4.69) is 0 Å². The van der Waals surface area contributed by atoms with E-state index in [1.165, 1.54) is 20.1 Å². The van der Waals surface area contributed by atoms with Crippen LogP contribution in [0.5, 0.6) is 0 Å². The minimum absolute atomic E-state index is 0.00987. The smallest absolute Gasteiger partial charge is 0.337 e. The van der Waals surface area contributed by atoms with Gasteiger partial charge < -0.3 is 54.0 Å². The third-order valence-electron chi connectivity index (χ3n) is 7.09. The van der Waals surface area contributed by atoms with Gasteiger partial charge in [0.05, 0.1) is 49.3 Å². The average Bonchev–Trinajstić information content (AvgIpc) is 3.48. The Morgan fingerprint density at radius 2 is 1.91 bits per heavy atom. The monoisotopic (exact) mass is 486 g/mol. The molecule has 2 saturated heterocycles. The van der Waals surface area contributed by atoms with Crippen LogP contribution in [0.15, 0.2) is 23.5 Å². The van der Waals surface area contributed by atoms with Gasteiger partial charge in [-0.15, -0.1) is 0 Å². The predicted molar refractivity (Wildman–Crippen MR) is 104 cm³/mol. The van der Waals surface area contributed by atoms with Gasteiger partial charge in [-0.05, 0) is 13.0 Å². The van der Waals surface area contributed by atoms with Gasteiger partial charge in [0, 0.05) is 5.92 Å². The van der Waals surface area contributed by atoms with Crippen LogP contribution in [0.3, 0.4) is 0 Å². The Balaban J connectivity index is 1.50. The molecule has 0 amide bonds. The van der Waals surface area contributed by atoms with E-state index in [0.29, 0.717) is 0 Å². The number of aliphatic hydroxyl groups excluding tert-OH is 5. The number of fused-ring (bicyclic) bond motifs is 5. The number of hydrogen-bond acceptors (Lipinski definition) is 13. The minimum atomic E-state index is -1.70. The Kier molecular flexibility index (Phi) is 5.73. The summed E-state index contributed by atoms with van der Waals surface area (Å²) >= 11 is 0. The quantitative estimate of drug-likeness (QED) is 0.193. The summed E-state index contributed by atoms with van der Waals surface area (Å²) in [5, 5.41) is 50.0. The van der Waals surface area contributed by atoms with Crippen molar-refractivity contribution in [2.24, 2.45) is 11.8 Å². The zero-order valence-electron chi connectivity index (χ0n) is 18.2. The van der Waals surface area contributed by atoms with Crippen LogP contribution in [0.4, 0.5) is 0 Å². The van der Waals surface area contributed by atoms with Gasteiger partial charge >= 0.3 is 11.9 Å². The van der Waals surface area contributed by atoms with E-state index in [4.69, 9.17) is 28.4 Å². The minimum Gasteiger partial charge on any atom is -0.471 e. The largest absolute Gasteiger partial charge is 0.471 e. The van der Waals surface area contributed by atoms with Crippen LogP contribution in [-0.2, 0) is 38.0 Å². The lowest BCUT2D eigenvalue weighted by Crippen LogP contribution is -2.61. The molecule has 12 atom stereocenters. The molecule has 1 saturated carbocycles. The van der Waals surface area contributed by atoms with Gasteiger partial charge in [0.2, 0.25) is 6.29 Å². The summed E-state index contributed by atoms with van der Waals surface area (Å²) in [7, 11) is 1.20. The summed E-state index contributed by atoms with van der Waals surface area (Å²) in [5.74, 6) is -3.02. The first kappa shape index (κ1) is 23.6. The lowest BCUT2D eigenvalue weighted by molar-refractivity contribution is -0.347. The molecule has 0 bridgehead atoms. The molecule has 5 N–H and O–H groups in total. The third kappa shape index (κ3) is 3.31. The third-order valence-corrected chi connectivity index (χ3v) is 7.09. The summed E-state index contributed by atoms with van der Waals surface area (Å²) in [4.78, 5) is 25.0. The Bertz CT molecular complexity index is 928. The molecule has 13 heteroatoms. The van der Waals surface area contributed by atoms with Gasteiger partial charge in [-0.2, -0.15) is 0 Å². The fourth-order valence-electron chi connectivity index (χ4n) is 5.37. The van der Waals surface area contributed by atoms with E-state index in [1.54, 1.807) is 0 Å². The molecule has 0 aromatic rings. The number of aliphatic hydroxyl groups is 5. The van der Waals surface area contributed by atoms with E-state index in [0.717, 1.165) is 6.26 Å². The molecule has 1 aliphatic carbocycles. The molecule has 4 heterocycles. The second-order valence-electron chi connectivity index (χ2n) is 8.99. The van der Waals surface area contributed by atoms with Crippen molar-refractivity contribution in [3.8, 4) is 0 Å². The van der Waals surface area contributed by atoms with Crippen LogP contribution in [0.2, 0.25) is 0 Å². The van der Waals surface area contributed by atoms with Gasteiger partial charge in [0.1, 0.15) is 30.5 Å². The summed E-state index contributed by atoms with van der Waals surface area (Å²) in [5.41, 5.74) is -1.32. The number of rotatable bonds is 5. The van der Waals surface area contributed by atoms with Crippen molar-refractivity contribution in [3.05, 3.63) is 23.5 Å². The molecular weight excluding hydrogens is 460 g/mol. The predicted octanol–water partition coefficient (Wildman–Crippen LogP) is -3.17. The van der Waals surface area contributed by atoms with Crippen molar-refractivity contribution >= 4 is 11.9 Å². The van der Waals surface area contributed by atoms with Gasteiger partial charge in [-0.25, -0.2) is 9.59 Å². The standard InChI is InChI=1S/C21H26O13/c1-6(23)7-3-21(34-18(7)28)11-10(15-16(21)32-15)8(17(27)29-2)5-30-19(11)33-20-14(26)13(25)12(24)9(4-22)31-20/h3,5-6,9-16,19-20,22-26H,4H2,1-2H3/t6-,9+,10-,11-,12+,13-,14+,15+,16+,19+,20-,21-/m1/s1. The highest BCUT2D eigenvalue weighted by molar-refractivity contribution is 5.93. The molecule has 188 valence electrons. The molecular formula is C21H26O13. The van der Waals surface area contributed by atoms with Crippen molar-refractivity contribution in [1.82, 2.24) is 0 Å². The highest BCUT2D eigenvalue weighted by Gasteiger charge is 2.77. The number of hydrogen-bond donors (Lipinski definition) is 5. The van der Waals surface area contributed by atoms with Crippen LogP contribution >= 0.6 is 0 Å². The SMILES string of the molecule is COC(=O)C1=CO[C@@H](O[C@H]2O[C@@H](CO)[C@H](O)[C@@H](O)[C@@H]2O)[C@H]2[C@@H]1[C@@H]1O[C@@H]1[C@@]21C=C([C@@H](C)O)C(=O)O1. The van der Waals surface area contributed by atoms with E-state index in [1.807, 2.05) is 0 Å². The second kappa shape index (κ2) is 8.24. The van der Waals surface area contributed by atoms with Crippen LogP contribution in [0, 0.1) is 11.8 Å². The maximum Gasteiger partial charge on any atom is 0.337 e. The van der Waals surface area contributed by atoms with Crippen molar-refractivity contribution in [1.29, 1.82) is 0 Å². The fraction of sp³-hybridized carbons (Fsp3) is 0.714. The van der Waals surface area contributed by atoms with Crippen LogP contribution in [-0.4, -0.2) is 112 Å². The molecule has 3 fully saturated rings. The number of epoxide rings is 1. The van der Waals surface area contributed by atoms with Crippen LogP contribution in [0.25, 0.3) is 0 Å². The van der Waals surface area contributed by atoms with Crippen molar-refractivity contribution in [2.75, 3.05) is 13.7 Å². The summed E-state index contributed by atoms with van der Waals surface area (Å²) in [6.45, 7) is 0.748. The van der Waals surface area contributed by atoms with Crippen LogP contribution < -0.4 is 0 Å². The lowest BCUT2D eigenvalue weighted by atomic mass is 9.78. The van der Waals surface area contributed by atoms with Gasteiger partial charge in [0.25, 0.3) is 0 Å². The Morgan fingerprint density at radius 1 is 1.18 bits per heavy atom. The number of esters is 2. The molecule has 0 unspecified atom stereocenters. The molecule has 5 rings (SSSR count). The molecule has 1 spiro atoms. The number of carbonyl (C=O) groups is 2. The van der Waals surface area contributed by atoms with Crippen molar-refractivity contribution < 1.29 is 63.5 Å². The molecule has 0 radical (unpaired) electrons. The lowest BCUT2D eigenvalue weighted by Gasteiger charge is -2.45. The fourth-order valence-corrected chi connectivity index (χ4v) is 5.37. The van der Waals surface area contributed by atoms with Gasteiger partial charge in [-0.1, -0.05) is 0 Å². The second-order valence-corrected chi connectivity index (χ2v) is 8.99. The molecule has 5 aliphatic rings. The first-order chi connectivity index (χ1) is 16.1. The Morgan fingerprint density at radius 3 is 2.53 bits per heavy atom. The van der Waals surface area contributed by atoms with Crippen LogP contribution in [0.1, 0.15) is 6.92 Å². The van der Waals surface area contributed by atoms with Gasteiger partial charge in [0.15, 0.2) is 11.9 Å². The van der Waals surface area contributed by atoms with E-state index >= 15 is 0 Å². The first-order valence-electron chi connectivity index (χ1n) is 10.8. The molecule has 34 heavy (non-hydrogen) atoms. The molecule has 13 nitrogen and oxygen atoms in total. The number of carbonyl (C=O) groups excluding carboxylic acids is 2. The van der Waals surface area contributed by atoms with E-state index in [-0.39, 0.29) is 11.1 Å². The van der Waals surface area contributed by atoms with E-state index in [9.17, 15) is 35.1 Å². The van der Waals surface area contributed by atoms with Gasteiger partial charge in [-0.3, -0.25) is 0 Å². The maximum absolute atomic E-state index is 12.5. The zero-order chi connectivity index (χ0) is 24.5. The number of methoxy groups -OCH3 is 1. The molecule has 0 aromatic carbocycles. The zero-order valence-corrected chi connectivity index (χ0v) is 18.2. The average molecular weight is 486 g/mol. The van der Waals surface area contributed by atoms with Crippen molar-refractivity contribution in [2.45, 2.75) is 67.8 Å². The maximum atomic E-state index is 12.5. The van der Waals surface area contributed by atoms with Crippen molar-refractivity contribution in [3.63, 3.8) is 0 Å². The van der Waals surface area contributed by atoms with E-state index < -0.39 is 91.3 Å². The topological polar surface area (TPSA) is 194 Å². The Hall–Kier alpha value is -2.10. The number of ether oxygens (including phenoxy) is 6. The Labute approximate surface area is 193 Å². The summed E-state index contributed by atoms with van der Waals surface area (Å²) < 4.78 is 33.2. The highest BCUT2D eigenvalue weighted by atomic mass is 16.8. The first-order valence-corrected chi connectivity index (χ1v) is 10.8. The normalized spacial score (nSPS) is 47.7. The molecule has 4 aliphatic heterocycles. The highest BCUT2D eigenvalue weighted by Crippen LogP contribution is 2.62. The molecule has 0 aromatic heterocycles.